The van der Waals surface area contributed by atoms with Gasteiger partial charge < -0.3 is 19.6 Å². The van der Waals surface area contributed by atoms with E-state index < -0.39 is 32.0 Å². The summed E-state index contributed by atoms with van der Waals surface area (Å²) in [7, 11) is -2.91. The standard InChI is InChI=1S/C24H33NO5Si/c1-23(2,3)30-22(28)25-20(21(26)27)17-29-31(24(4,5)6,18-13-9-7-10-14-18)19-15-11-8-12-16-19/h7-16,20H,17H2,1-6H3,(H,25,28)(H,26,27). The number of ether oxygens (including phenoxy) is 1. The third-order valence-electron chi connectivity index (χ3n) is 4.87. The molecule has 1 atom stereocenters. The van der Waals surface area contributed by atoms with E-state index in [0.717, 1.165) is 10.4 Å². The van der Waals surface area contributed by atoms with Gasteiger partial charge >= 0.3 is 12.1 Å². The van der Waals surface area contributed by atoms with Crippen LogP contribution in [-0.2, 0) is 14.0 Å². The number of alkyl carbamates (subject to hydrolysis) is 1. The monoisotopic (exact) mass is 443 g/mol. The van der Waals surface area contributed by atoms with Gasteiger partial charge in [-0.05, 0) is 36.2 Å². The van der Waals surface area contributed by atoms with E-state index in [1.54, 1.807) is 20.8 Å². The Labute approximate surface area is 185 Å². The SMILES string of the molecule is CC(C)(C)OC(=O)NC(CO[Si](c1ccccc1)(c1ccccc1)C(C)(C)C)C(=O)O. The predicted molar refractivity (Wildman–Crippen MR) is 124 cm³/mol. The molecule has 0 radical (unpaired) electrons. The molecule has 2 aromatic carbocycles. The molecule has 0 spiro atoms. The smallest absolute Gasteiger partial charge is 0.408 e. The number of aliphatic carboxylic acids is 1. The Morgan fingerprint density at radius 2 is 1.35 bits per heavy atom. The lowest BCUT2D eigenvalue weighted by molar-refractivity contribution is -0.140. The van der Waals surface area contributed by atoms with Crippen LogP contribution in [0.5, 0.6) is 0 Å². The van der Waals surface area contributed by atoms with E-state index in [1.165, 1.54) is 0 Å². The number of rotatable bonds is 7. The van der Waals surface area contributed by atoms with E-state index in [1.807, 2.05) is 60.7 Å². The molecule has 0 heterocycles. The molecule has 2 N–H and O–H groups in total. The van der Waals surface area contributed by atoms with Gasteiger partial charge in [0.05, 0.1) is 6.61 Å². The molecule has 2 aromatic rings. The van der Waals surface area contributed by atoms with Crippen LogP contribution in [0.4, 0.5) is 4.79 Å². The van der Waals surface area contributed by atoms with Crippen molar-refractivity contribution in [3.05, 3.63) is 60.7 Å². The van der Waals surface area contributed by atoms with Gasteiger partial charge in [0.15, 0.2) is 6.04 Å². The molecule has 1 amide bonds. The maximum atomic E-state index is 12.2. The van der Waals surface area contributed by atoms with Crippen molar-refractivity contribution in [1.82, 2.24) is 5.32 Å². The normalized spacial score (nSPS) is 13.4. The molecular weight excluding hydrogens is 410 g/mol. The van der Waals surface area contributed by atoms with Crippen LogP contribution in [-0.4, -0.2) is 43.7 Å². The Morgan fingerprint density at radius 1 is 0.903 bits per heavy atom. The van der Waals surface area contributed by atoms with Crippen molar-refractivity contribution in [2.45, 2.75) is 58.2 Å². The lowest BCUT2D eigenvalue weighted by Crippen LogP contribution is -2.67. The first-order valence-electron chi connectivity index (χ1n) is 10.3. The molecular formula is C24H33NO5Si. The van der Waals surface area contributed by atoms with Crippen LogP contribution in [0.3, 0.4) is 0 Å². The Balaban J connectivity index is 2.43. The summed E-state index contributed by atoms with van der Waals surface area (Å²) < 4.78 is 11.8. The van der Waals surface area contributed by atoms with Gasteiger partial charge in [-0.2, -0.15) is 0 Å². The summed E-state index contributed by atoms with van der Waals surface area (Å²) in [4.78, 5) is 24.1. The van der Waals surface area contributed by atoms with E-state index >= 15 is 0 Å². The molecule has 0 saturated carbocycles. The van der Waals surface area contributed by atoms with Crippen LogP contribution in [0, 0.1) is 0 Å². The van der Waals surface area contributed by atoms with E-state index in [2.05, 4.69) is 26.1 Å². The second-order valence-electron chi connectivity index (χ2n) is 9.51. The summed E-state index contributed by atoms with van der Waals surface area (Å²) in [5.74, 6) is -1.18. The highest BCUT2D eigenvalue weighted by molar-refractivity contribution is 6.99. The minimum Gasteiger partial charge on any atom is -0.480 e. The number of amides is 1. The fourth-order valence-corrected chi connectivity index (χ4v) is 8.17. The molecule has 0 aromatic heterocycles. The van der Waals surface area contributed by atoms with Crippen LogP contribution >= 0.6 is 0 Å². The lowest BCUT2D eigenvalue weighted by Gasteiger charge is -2.43. The van der Waals surface area contributed by atoms with Crippen LogP contribution in [0.15, 0.2) is 60.7 Å². The Morgan fingerprint density at radius 3 is 1.71 bits per heavy atom. The second kappa shape index (κ2) is 9.66. The minimum atomic E-state index is -2.91. The van der Waals surface area contributed by atoms with E-state index in [9.17, 15) is 14.7 Å². The number of hydrogen-bond acceptors (Lipinski definition) is 4. The van der Waals surface area contributed by atoms with Crippen molar-refractivity contribution < 1.29 is 23.9 Å². The van der Waals surface area contributed by atoms with Crippen molar-refractivity contribution in [3.63, 3.8) is 0 Å². The largest absolute Gasteiger partial charge is 0.480 e. The maximum Gasteiger partial charge on any atom is 0.408 e. The highest BCUT2D eigenvalue weighted by Crippen LogP contribution is 2.36. The van der Waals surface area contributed by atoms with Gasteiger partial charge in [-0.3, -0.25) is 0 Å². The number of hydrogen-bond donors (Lipinski definition) is 2. The molecule has 31 heavy (non-hydrogen) atoms. The van der Waals surface area contributed by atoms with E-state index in [4.69, 9.17) is 9.16 Å². The predicted octanol–water partition coefficient (Wildman–Crippen LogP) is 3.54. The summed E-state index contributed by atoms with van der Waals surface area (Å²) in [6, 6.07) is 18.6. The summed E-state index contributed by atoms with van der Waals surface area (Å²) in [6.07, 6.45) is -0.786. The molecule has 1 unspecified atom stereocenters. The van der Waals surface area contributed by atoms with Gasteiger partial charge in [-0.1, -0.05) is 81.4 Å². The molecule has 0 bridgehead atoms. The average molecular weight is 444 g/mol. The molecule has 0 fully saturated rings. The second-order valence-corrected chi connectivity index (χ2v) is 13.8. The van der Waals surface area contributed by atoms with Gasteiger partial charge in [-0.15, -0.1) is 0 Å². The molecule has 2 rings (SSSR count). The summed E-state index contributed by atoms with van der Waals surface area (Å²) in [5, 5.41) is 13.9. The zero-order valence-corrected chi connectivity index (χ0v) is 20.1. The van der Waals surface area contributed by atoms with Crippen molar-refractivity contribution in [1.29, 1.82) is 0 Å². The fourth-order valence-electron chi connectivity index (χ4n) is 3.59. The summed E-state index contributed by atoms with van der Waals surface area (Å²) >= 11 is 0. The highest BCUT2D eigenvalue weighted by atomic mass is 28.4. The van der Waals surface area contributed by atoms with Crippen molar-refractivity contribution in [3.8, 4) is 0 Å². The molecule has 6 nitrogen and oxygen atoms in total. The maximum absolute atomic E-state index is 12.2. The van der Waals surface area contributed by atoms with Crippen LogP contribution in [0.1, 0.15) is 41.5 Å². The Bertz CT molecular complexity index is 833. The van der Waals surface area contributed by atoms with Gasteiger partial charge in [-0.25, -0.2) is 9.59 Å². The van der Waals surface area contributed by atoms with Crippen LogP contribution < -0.4 is 15.7 Å². The van der Waals surface area contributed by atoms with Crippen molar-refractivity contribution >= 4 is 30.8 Å². The lowest BCUT2D eigenvalue weighted by atomic mass is 10.2. The van der Waals surface area contributed by atoms with Crippen LogP contribution in [0.25, 0.3) is 0 Å². The number of carboxylic acids is 1. The number of carboxylic acid groups (broad SMARTS) is 1. The van der Waals surface area contributed by atoms with Gasteiger partial charge in [0, 0.05) is 0 Å². The number of carbonyl (C=O) groups is 2. The first kappa shape index (κ1) is 24.6. The first-order chi connectivity index (χ1) is 14.4. The molecule has 168 valence electrons. The molecule has 0 aliphatic rings. The zero-order chi connectivity index (χ0) is 23.3. The van der Waals surface area contributed by atoms with Crippen molar-refractivity contribution in [2.75, 3.05) is 6.61 Å². The molecule has 0 aliphatic heterocycles. The zero-order valence-electron chi connectivity index (χ0n) is 19.1. The average Bonchev–Trinajstić information content (AvgIpc) is 2.66. The summed E-state index contributed by atoms with van der Waals surface area (Å²) in [5.41, 5.74) is -0.730. The molecule has 0 saturated heterocycles. The topological polar surface area (TPSA) is 84.9 Å². The Kier molecular flexibility index (Phi) is 7.67. The summed E-state index contributed by atoms with van der Waals surface area (Å²) in [6.45, 7) is 11.3. The molecule has 7 heteroatoms. The highest BCUT2D eigenvalue weighted by Gasteiger charge is 2.50. The van der Waals surface area contributed by atoms with Gasteiger partial charge in [0.25, 0.3) is 8.32 Å². The first-order valence-corrected chi connectivity index (χ1v) is 12.2. The van der Waals surface area contributed by atoms with Gasteiger partial charge in [0.2, 0.25) is 0 Å². The minimum absolute atomic E-state index is 0.179. The Hall–Kier alpha value is -2.64. The fraction of sp³-hybridized carbons (Fsp3) is 0.417. The third-order valence-corrected chi connectivity index (χ3v) is 9.88. The van der Waals surface area contributed by atoms with Crippen molar-refractivity contribution in [2.24, 2.45) is 0 Å². The quantitative estimate of drug-likeness (QED) is 0.640. The number of benzene rings is 2. The van der Waals surface area contributed by atoms with E-state index in [-0.39, 0.29) is 11.6 Å². The number of carbonyl (C=O) groups excluding carboxylic acids is 1. The van der Waals surface area contributed by atoms with Gasteiger partial charge in [0.1, 0.15) is 5.60 Å². The van der Waals surface area contributed by atoms with E-state index in [0.29, 0.717) is 0 Å². The molecule has 0 aliphatic carbocycles. The number of nitrogens with one attached hydrogen (secondary N) is 1. The third kappa shape index (κ3) is 6.18. The van der Waals surface area contributed by atoms with Crippen LogP contribution in [0.2, 0.25) is 5.04 Å².